The van der Waals surface area contributed by atoms with E-state index in [2.05, 4.69) is 10.1 Å². The van der Waals surface area contributed by atoms with Crippen LogP contribution in [0.25, 0.3) is 0 Å². The number of carbonyl (C=O) groups is 2. The minimum absolute atomic E-state index is 0.250. The van der Waals surface area contributed by atoms with Crippen molar-refractivity contribution in [3.8, 4) is 6.07 Å². The van der Waals surface area contributed by atoms with Crippen molar-refractivity contribution in [3.05, 3.63) is 65.2 Å². The molecule has 2 rings (SSSR count). The maximum absolute atomic E-state index is 12.2. The number of hydrogen-bond acceptors (Lipinski definition) is 4. The van der Waals surface area contributed by atoms with Crippen molar-refractivity contribution in [1.29, 1.82) is 5.26 Å². The third-order valence-corrected chi connectivity index (χ3v) is 2.87. The predicted octanol–water partition coefficient (Wildman–Crippen LogP) is 2.60. The van der Waals surface area contributed by atoms with E-state index in [9.17, 15) is 9.59 Å². The van der Waals surface area contributed by atoms with Gasteiger partial charge in [-0.3, -0.25) is 4.79 Å². The van der Waals surface area contributed by atoms with E-state index in [1.54, 1.807) is 48.5 Å². The fourth-order valence-corrected chi connectivity index (χ4v) is 1.85. The fourth-order valence-electron chi connectivity index (χ4n) is 1.85. The predicted molar refractivity (Wildman–Crippen MR) is 76.9 cm³/mol. The number of nitrogens with one attached hydrogen (secondary N) is 1. The molecule has 5 heteroatoms. The van der Waals surface area contributed by atoms with Crippen molar-refractivity contribution in [2.75, 3.05) is 12.4 Å². The number of esters is 1. The highest BCUT2D eigenvalue weighted by Crippen LogP contribution is 2.18. The summed E-state index contributed by atoms with van der Waals surface area (Å²) < 4.78 is 4.67. The summed E-state index contributed by atoms with van der Waals surface area (Å²) in [6.07, 6.45) is 0. The Kier molecular flexibility index (Phi) is 4.32. The highest BCUT2D eigenvalue weighted by molar-refractivity contribution is 6.09. The fraction of sp³-hybridized carbons (Fsp3) is 0.0625. The van der Waals surface area contributed by atoms with Crippen molar-refractivity contribution >= 4 is 17.6 Å². The van der Waals surface area contributed by atoms with Gasteiger partial charge in [-0.15, -0.1) is 0 Å². The molecule has 2 aromatic carbocycles. The summed E-state index contributed by atoms with van der Waals surface area (Å²) in [5, 5.41) is 11.6. The first-order chi connectivity index (χ1) is 10.2. The quantitative estimate of drug-likeness (QED) is 0.876. The number of hydrogen-bond donors (Lipinski definition) is 1. The molecule has 0 aliphatic heterocycles. The second-order valence-corrected chi connectivity index (χ2v) is 4.15. The molecule has 0 bridgehead atoms. The number of amides is 1. The van der Waals surface area contributed by atoms with Crippen LogP contribution in [0.5, 0.6) is 0 Å². The molecule has 21 heavy (non-hydrogen) atoms. The number of nitrogens with zero attached hydrogens (tertiary/aromatic N) is 1. The summed E-state index contributed by atoms with van der Waals surface area (Å²) in [7, 11) is 1.27. The Hall–Kier alpha value is -3.13. The largest absolute Gasteiger partial charge is 0.465 e. The van der Waals surface area contributed by atoms with Gasteiger partial charge in [0, 0.05) is 0 Å². The lowest BCUT2D eigenvalue weighted by molar-refractivity contribution is 0.0602. The SMILES string of the molecule is COC(=O)c1ccccc1NC(=O)c1ccccc1C#N. The molecule has 0 fully saturated rings. The second-order valence-electron chi connectivity index (χ2n) is 4.15. The lowest BCUT2D eigenvalue weighted by Gasteiger charge is -2.10. The van der Waals surface area contributed by atoms with E-state index in [-0.39, 0.29) is 16.7 Å². The van der Waals surface area contributed by atoms with Gasteiger partial charge in [0.1, 0.15) is 0 Å². The molecule has 0 atom stereocenters. The highest BCUT2D eigenvalue weighted by Gasteiger charge is 2.15. The van der Waals surface area contributed by atoms with Crippen molar-refractivity contribution in [2.45, 2.75) is 0 Å². The van der Waals surface area contributed by atoms with Gasteiger partial charge in [-0.25, -0.2) is 4.79 Å². The molecule has 2 aromatic rings. The third-order valence-electron chi connectivity index (χ3n) is 2.87. The Morgan fingerprint density at radius 3 is 2.33 bits per heavy atom. The van der Waals surface area contributed by atoms with Crippen LogP contribution in [-0.2, 0) is 4.74 Å². The van der Waals surface area contributed by atoms with Gasteiger partial charge in [0.25, 0.3) is 5.91 Å². The van der Waals surface area contributed by atoms with Crippen LogP contribution in [0, 0.1) is 11.3 Å². The van der Waals surface area contributed by atoms with Crippen LogP contribution in [0.15, 0.2) is 48.5 Å². The monoisotopic (exact) mass is 280 g/mol. The molecular formula is C16H12N2O3. The van der Waals surface area contributed by atoms with E-state index < -0.39 is 11.9 Å². The topological polar surface area (TPSA) is 79.2 Å². The summed E-state index contributed by atoms with van der Waals surface area (Å²) in [4.78, 5) is 23.9. The Morgan fingerprint density at radius 1 is 1.05 bits per heavy atom. The zero-order valence-corrected chi connectivity index (χ0v) is 11.3. The highest BCUT2D eigenvalue weighted by atomic mass is 16.5. The molecule has 5 nitrogen and oxygen atoms in total. The standard InChI is InChI=1S/C16H12N2O3/c1-21-16(20)13-8-4-5-9-14(13)18-15(19)12-7-3-2-6-11(12)10-17/h2-9H,1H3,(H,18,19). The smallest absolute Gasteiger partial charge is 0.339 e. The van der Waals surface area contributed by atoms with Crippen molar-refractivity contribution in [2.24, 2.45) is 0 Å². The Labute approximate surface area is 121 Å². The number of anilines is 1. The number of methoxy groups -OCH3 is 1. The minimum Gasteiger partial charge on any atom is -0.465 e. The maximum atomic E-state index is 12.2. The molecule has 0 spiro atoms. The zero-order chi connectivity index (χ0) is 15.2. The summed E-state index contributed by atoms with van der Waals surface area (Å²) >= 11 is 0. The van der Waals surface area contributed by atoms with Crippen LogP contribution >= 0.6 is 0 Å². The van der Waals surface area contributed by atoms with Crippen LogP contribution in [0.1, 0.15) is 26.3 Å². The summed E-state index contributed by atoms with van der Waals surface area (Å²) in [6, 6.07) is 14.9. The second kappa shape index (κ2) is 6.35. The van der Waals surface area contributed by atoms with E-state index in [0.29, 0.717) is 5.69 Å². The molecule has 0 aromatic heterocycles. The molecule has 1 N–H and O–H groups in total. The van der Waals surface area contributed by atoms with E-state index in [0.717, 1.165) is 0 Å². The van der Waals surface area contributed by atoms with Gasteiger partial charge in [-0.05, 0) is 24.3 Å². The third kappa shape index (κ3) is 3.07. The number of para-hydroxylation sites is 1. The van der Waals surface area contributed by atoms with Gasteiger partial charge in [0.15, 0.2) is 0 Å². The van der Waals surface area contributed by atoms with Gasteiger partial charge in [0.2, 0.25) is 0 Å². The molecule has 0 radical (unpaired) electrons. The molecule has 0 aliphatic rings. The number of benzene rings is 2. The van der Waals surface area contributed by atoms with Crippen LogP contribution < -0.4 is 5.32 Å². The van der Waals surface area contributed by atoms with Gasteiger partial charge >= 0.3 is 5.97 Å². The van der Waals surface area contributed by atoms with Gasteiger partial charge in [0.05, 0.1) is 35.6 Å². The van der Waals surface area contributed by atoms with Gasteiger partial charge in [-0.2, -0.15) is 5.26 Å². The van der Waals surface area contributed by atoms with Crippen LogP contribution in [0.3, 0.4) is 0 Å². The number of ether oxygens (including phenoxy) is 1. The Bertz CT molecular complexity index is 732. The van der Waals surface area contributed by atoms with Gasteiger partial charge < -0.3 is 10.1 Å². The first kappa shape index (κ1) is 14.3. The average Bonchev–Trinajstić information content (AvgIpc) is 2.54. The van der Waals surface area contributed by atoms with E-state index >= 15 is 0 Å². The molecular weight excluding hydrogens is 268 g/mol. The summed E-state index contributed by atoms with van der Waals surface area (Å²) in [6.45, 7) is 0. The van der Waals surface area contributed by atoms with E-state index in [4.69, 9.17) is 5.26 Å². The van der Waals surface area contributed by atoms with E-state index in [1.165, 1.54) is 7.11 Å². The molecule has 0 aliphatic carbocycles. The molecule has 0 saturated carbocycles. The number of rotatable bonds is 3. The van der Waals surface area contributed by atoms with E-state index in [1.807, 2.05) is 6.07 Å². The van der Waals surface area contributed by atoms with Crippen LogP contribution in [0.2, 0.25) is 0 Å². The number of nitriles is 1. The lowest BCUT2D eigenvalue weighted by atomic mass is 10.1. The first-order valence-electron chi connectivity index (χ1n) is 6.15. The van der Waals surface area contributed by atoms with Crippen molar-refractivity contribution in [1.82, 2.24) is 0 Å². The molecule has 0 unspecified atom stereocenters. The Balaban J connectivity index is 2.33. The van der Waals surface area contributed by atoms with Crippen LogP contribution in [0.4, 0.5) is 5.69 Å². The normalized spacial score (nSPS) is 9.52. The molecule has 0 heterocycles. The maximum Gasteiger partial charge on any atom is 0.339 e. The van der Waals surface area contributed by atoms with Crippen molar-refractivity contribution in [3.63, 3.8) is 0 Å². The molecule has 104 valence electrons. The van der Waals surface area contributed by atoms with Crippen molar-refractivity contribution < 1.29 is 14.3 Å². The average molecular weight is 280 g/mol. The minimum atomic E-state index is -0.542. The zero-order valence-electron chi connectivity index (χ0n) is 11.3. The summed E-state index contributed by atoms with van der Waals surface area (Å²) in [5.41, 5.74) is 1.11. The Morgan fingerprint density at radius 2 is 1.67 bits per heavy atom. The van der Waals surface area contributed by atoms with Gasteiger partial charge in [-0.1, -0.05) is 24.3 Å². The molecule has 1 amide bonds. The molecule has 0 saturated heterocycles. The number of carbonyl (C=O) groups excluding carboxylic acids is 2. The summed E-state index contributed by atoms with van der Waals surface area (Å²) in [5.74, 6) is -0.997. The first-order valence-corrected chi connectivity index (χ1v) is 6.15. The van der Waals surface area contributed by atoms with Crippen LogP contribution in [-0.4, -0.2) is 19.0 Å². The lowest BCUT2D eigenvalue weighted by Crippen LogP contribution is -2.16.